The van der Waals surface area contributed by atoms with Crippen LogP contribution in [0.5, 0.6) is 5.75 Å². The van der Waals surface area contributed by atoms with Crippen molar-refractivity contribution in [2.24, 2.45) is 5.92 Å². The van der Waals surface area contributed by atoms with Gasteiger partial charge in [0.05, 0.1) is 4.47 Å². The van der Waals surface area contributed by atoms with Crippen molar-refractivity contribution in [3.8, 4) is 5.75 Å². The molecule has 1 aromatic rings. The minimum absolute atomic E-state index is 0.346. The molecule has 16 heavy (non-hydrogen) atoms. The SMILES string of the molecule is CC(C)CCCNCc1cccc(Br)c1O. The lowest BCUT2D eigenvalue weighted by molar-refractivity contribution is 0.459. The van der Waals surface area contributed by atoms with Gasteiger partial charge in [-0.3, -0.25) is 0 Å². The normalized spacial score (nSPS) is 11.0. The van der Waals surface area contributed by atoms with Crippen molar-refractivity contribution in [2.45, 2.75) is 33.2 Å². The van der Waals surface area contributed by atoms with E-state index in [-0.39, 0.29) is 0 Å². The fraction of sp³-hybridized carbons (Fsp3) is 0.538. The molecule has 0 bridgehead atoms. The quantitative estimate of drug-likeness (QED) is 0.782. The number of hydrogen-bond donors (Lipinski definition) is 2. The van der Waals surface area contributed by atoms with E-state index < -0.39 is 0 Å². The molecule has 2 nitrogen and oxygen atoms in total. The molecule has 0 aliphatic rings. The maximum Gasteiger partial charge on any atom is 0.134 e. The molecule has 0 atom stereocenters. The van der Waals surface area contributed by atoms with Gasteiger partial charge in [0.25, 0.3) is 0 Å². The second kappa shape index (κ2) is 6.92. The molecule has 0 fully saturated rings. The van der Waals surface area contributed by atoms with Crippen LogP contribution in [0.25, 0.3) is 0 Å². The average molecular weight is 286 g/mol. The maximum atomic E-state index is 9.76. The Hall–Kier alpha value is -0.540. The summed E-state index contributed by atoms with van der Waals surface area (Å²) < 4.78 is 0.758. The molecule has 3 heteroatoms. The molecule has 0 heterocycles. The number of nitrogens with one attached hydrogen (secondary N) is 1. The Labute approximate surface area is 106 Å². The average Bonchev–Trinajstić information content (AvgIpc) is 2.23. The highest BCUT2D eigenvalue weighted by atomic mass is 79.9. The Balaban J connectivity index is 2.29. The number of para-hydroxylation sites is 1. The maximum absolute atomic E-state index is 9.76. The van der Waals surface area contributed by atoms with Crippen molar-refractivity contribution in [3.05, 3.63) is 28.2 Å². The summed E-state index contributed by atoms with van der Waals surface area (Å²) >= 11 is 3.31. The molecule has 0 unspecified atom stereocenters. The summed E-state index contributed by atoms with van der Waals surface area (Å²) in [5, 5.41) is 13.1. The van der Waals surface area contributed by atoms with E-state index in [1.807, 2.05) is 18.2 Å². The summed E-state index contributed by atoms with van der Waals surface area (Å²) in [7, 11) is 0. The molecule has 0 radical (unpaired) electrons. The van der Waals surface area contributed by atoms with Gasteiger partial charge in [0.15, 0.2) is 0 Å². The second-order valence-corrected chi connectivity index (χ2v) is 5.31. The third kappa shape index (κ3) is 4.54. The first-order valence-electron chi connectivity index (χ1n) is 5.78. The summed E-state index contributed by atoms with van der Waals surface area (Å²) in [5.41, 5.74) is 0.943. The fourth-order valence-corrected chi connectivity index (χ4v) is 1.97. The predicted molar refractivity (Wildman–Crippen MR) is 71.6 cm³/mol. The number of aromatic hydroxyl groups is 1. The highest BCUT2D eigenvalue weighted by Crippen LogP contribution is 2.27. The van der Waals surface area contributed by atoms with Gasteiger partial charge in [-0.15, -0.1) is 0 Å². The molecule has 1 rings (SSSR count). The van der Waals surface area contributed by atoms with Crippen LogP contribution in [0.4, 0.5) is 0 Å². The van der Waals surface area contributed by atoms with E-state index in [1.165, 1.54) is 12.8 Å². The number of hydrogen-bond acceptors (Lipinski definition) is 2. The van der Waals surface area contributed by atoms with Crippen LogP contribution in [0.3, 0.4) is 0 Å². The number of phenolic OH excluding ortho intramolecular Hbond substituents is 1. The molecular formula is C13H20BrNO. The molecule has 90 valence electrons. The summed E-state index contributed by atoms with van der Waals surface area (Å²) in [6.07, 6.45) is 2.43. The molecule has 0 aliphatic heterocycles. The molecule has 1 aromatic carbocycles. The zero-order valence-electron chi connectivity index (χ0n) is 9.96. The third-order valence-corrected chi connectivity index (χ3v) is 3.16. The molecule has 0 aliphatic carbocycles. The van der Waals surface area contributed by atoms with Crippen LogP contribution in [0.1, 0.15) is 32.3 Å². The van der Waals surface area contributed by atoms with Crippen LogP contribution < -0.4 is 5.32 Å². The van der Waals surface area contributed by atoms with Crippen LogP contribution in [-0.4, -0.2) is 11.7 Å². The van der Waals surface area contributed by atoms with Gasteiger partial charge in [0.1, 0.15) is 5.75 Å². The first kappa shape index (κ1) is 13.5. The Morgan fingerprint density at radius 3 is 2.81 bits per heavy atom. The van der Waals surface area contributed by atoms with E-state index in [0.717, 1.165) is 29.0 Å². The topological polar surface area (TPSA) is 32.3 Å². The summed E-state index contributed by atoms with van der Waals surface area (Å²) in [5.74, 6) is 1.11. The van der Waals surface area contributed by atoms with E-state index >= 15 is 0 Å². The third-order valence-electron chi connectivity index (χ3n) is 2.52. The van der Waals surface area contributed by atoms with Gasteiger partial charge in [0.2, 0.25) is 0 Å². The molecule has 0 saturated carbocycles. The highest BCUT2D eigenvalue weighted by molar-refractivity contribution is 9.10. The highest BCUT2D eigenvalue weighted by Gasteiger charge is 2.03. The van der Waals surface area contributed by atoms with Crippen molar-refractivity contribution in [1.29, 1.82) is 0 Å². The zero-order valence-corrected chi connectivity index (χ0v) is 11.5. The van der Waals surface area contributed by atoms with Gasteiger partial charge in [-0.1, -0.05) is 26.0 Å². The molecular weight excluding hydrogens is 266 g/mol. The van der Waals surface area contributed by atoms with Gasteiger partial charge < -0.3 is 10.4 Å². The Morgan fingerprint density at radius 2 is 2.12 bits per heavy atom. The molecule has 0 amide bonds. The number of benzene rings is 1. The first-order valence-corrected chi connectivity index (χ1v) is 6.57. The van der Waals surface area contributed by atoms with Crippen molar-refractivity contribution in [1.82, 2.24) is 5.32 Å². The van der Waals surface area contributed by atoms with Gasteiger partial charge >= 0.3 is 0 Å². The second-order valence-electron chi connectivity index (χ2n) is 4.46. The van der Waals surface area contributed by atoms with E-state index in [9.17, 15) is 5.11 Å². The Bertz CT molecular complexity index is 326. The zero-order chi connectivity index (χ0) is 12.0. The van der Waals surface area contributed by atoms with E-state index in [2.05, 4.69) is 35.1 Å². The van der Waals surface area contributed by atoms with Crippen LogP contribution in [-0.2, 0) is 6.54 Å². The predicted octanol–water partition coefficient (Wildman–Crippen LogP) is 3.68. The lowest BCUT2D eigenvalue weighted by Crippen LogP contribution is -2.15. The van der Waals surface area contributed by atoms with Crippen molar-refractivity contribution in [3.63, 3.8) is 0 Å². The van der Waals surface area contributed by atoms with Gasteiger partial charge in [-0.25, -0.2) is 0 Å². The lowest BCUT2D eigenvalue weighted by atomic mass is 10.1. The molecule has 0 saturated heterocycles. The van der Waals surface area contributed by atoms with E-state index in [1.54, 1.807) is 0 Å². The number of phenols is 1. The standard InChI is InChI=1S/C13H20BrNO/c1-10(2)5-4-8-15-9-11-6-3-7-12(14)13(11)16/h3,6-7,10,15-16H,4-5,8-9H2,1-2H3. The minimum Gasteiger partial charge on any atom is -0.506 e. The summed E-state index contributed by atoms with van der Waals surface area (Å²) in [6.45, 7) is 6.20. The van der Waals surface area contributed by atoms with E-state index in [0.29, 0.717) is 5.75 Å². The lowest BCUT2D eigenvalue weighted by Gasteiger charge is -2.08. The number of halogens is 1. The smallest absolute Gasteiger partial charge is 0.134 e. The van der Waals surface area contributed by atoms with E-state index in [4.69, 9.17) is 0 Å². The van der Waals surface area contributed by atoms with Crippen molar-refractivity contribution in [2.75, 3.05) is 6.54 Å². The van der Waals surface area contributed by atoms with Crippen LogP contribution >= 0.6 is 15.9 Å². The largest absolute Gasteiger partial charge is 0.506 e. The van der Waals surface area contributed by atoms with Gasteiger partial charge in [0, 0.05) is 12.1 Å². The molecule has 0 aromatic heterocycles. The van der Waals surface area contributed by atoms with Gasteiger partial charge in [-0.2, -0.15) is 0 Å². The van der Waals surface area contributed by atoms with Crippen LogP contribution in [0.2, 0.25) is 0 Å². The Morgan fingerprint density at radius 1 is 1.38 bits per heavy atom. The van der Waals surface area contributed by atoms with Gasteiger partial charge in [-0.05, 0) is 47.3 Å². The minimum atomic E-state index is 0.346. The van der Waals surface area contributed by atoms with Crippen molar-refractivity contribution >= 4 is 15.9 Å². The Kier molecular flexibility index (Phi) is 5.85. The number of rotatable bonds is 6. The van der Waals surface area contributed by atoms with Crippen LogP contribution in [0.15, 0.2) is 22.7 Å². The molecule has 0 spiro atoms. The molecule has 2 N–H and O–H groups in total. The fourth-order valence-electron chi connectivity index (χ4n) is 1.56. The summed E-state index contributed by atoms with van der Waals surface area (Å²) in [4.78, 5) is 0. The van der Waals surface area contributed by atoms with Crippen LogP contribution in [0, 0.1) is 5.92 Å². The van der Waals surface area contributed by atoms with Crippen molar-refractivity contribution < 1.29 is 5.11 Å². The summed E-state index contributed by atoms with van der Waals surface area (Å²) in [6, 6.07) is 5.72. The first-order chi connectivity index (χ1) is 7.61. The monoisotopic (exact) mass is 285 g/mol.